The third-order valence-electron chi connectivity index (χ3n) is 2.44. The number of methoxy groups -OCH3 is 1. The molecule has 0 amide bonds. The molecular weight excluding hydrogens is 178 g/mol. The largest absolute Gasteiger partial charge is 0.392 e. The molecule has 14 heavy (non-hydrogen) atoms. The van der Waals surface area contributed by atoms with E-state index in [2.05, 4.69) is 19.2 Å². The molecule has 0 aliphatic carbocycles. The van der Waals surface area contributed by atoms with Gasteiger partial charge >= 0.3 is 0 Å². The van der Waals surface area contributed by atoms with Crippen molar-refractivity contribution in [3.05, 3.63) is 0 Å². The number of aliphatic hydroxyl groups is 1. The van der Waals surface area contributed by atoms with Crippen LogP contribution in [-0.2, 0) is 4.74 Å². The van der Waals surface area contributed by atoms with Crippen molar-refractivity contribution in [2.24, 2.45) is 5.41 Å². The molecule has 0 aliphatic rings. The maximum Gasteiger partial charge on any atom is 0.0662 e. The quantitative estimate of drug-likeness (QED) is 0.627. The molecule has 0 spiro atoms. The normalized spacial score (nSPS) is 14.4. The summed E-state index contributed by atoms with van der Waals surface area (Å²) in [7, 11) is 1.73. The molecule has 2 N–H and O–H groups in total. The molecule has 0 aromatic heterocycles. The van der Waals surface area contributed by atoms with Crippen LogP contribution in [-0.4, -0.2) is 38.0 Å². The first-order chi connectivity index (χ1) is 6.52. The molecule has 0 rings (SSSR count). The summed E-state index contributed by atoms with van der Waals surface area (Å²) in [4.78, 5) is 0. The van der Waals surface area contributed by atoms with E-state index in [1.54, 1.807) is 7.11 Å². The lowest BCUT2D eigenvalue weighted by Gasteiger charge is -2.25. The Balaban J connectivity index is 3.54. The third-order valence-corrected chi connectivity index (χ3v) is 2.44. The zero-order valence-electron chi connectivity index (χ0n) is 9.97. The fraction of sp³-hybridized carbons (Fsp3) is 1.00. The van der Waals surface area contributed by atoms with Gasteiger partial charge in [-0.2, -0.15) is 0 Å². The number of ether oxygens (including phenoxy) is 1. The highest BCUT2D eigenvalue weighted by Crippen LogP contribution is 2.18. The fourth-order valence-electron chi connectivity index (χ4n) is 1.19. The number of rotatable bonds is 8. The lowest BCUT2D eigenvalue weighted by molar-refractivity contribution is 0.139. The molecule has 0 aromatic rings. The van der Waals surface area contributed by atoms with Crippen LogP contribution in [0, 0.1) is 5.41 Å². The summed E-state index contributed by atoms with van der Waals surface area (Å²) in [5, 5.41) is 12.6. The Kier molecular flexibility index (Phi) is 7.15. The van der Waals surface area contributed by atoms with Gasteiger partial charge in [0.25, 0.3) is 0 Å². The molecule has 1 atom stereocenters. The lowest BCUT2D eigenvalue weighted by atomic mass is 9.89. The van der Waals surface area contributed by atoms with Crippen molar-refractivity contribution in [1.29, 1.82) is 0 Å². The Morgan fingerprint density at radius 1 is 1.43 bits per heavy atom. The standard InChI is InChI=1S/C11H25NO2/c1-5-10(13)8-12-9-11(2,3)6-7-14-4/h10,12-13H,5-9H2,1-4H3. The van der Waals surface area contributed by atoms with E-state index in [9.17, 15) is 5.11 Å². The van der Waals surface area contributed by atoms with Crippen LogP contribution < -0.4 is 5.32 Å². The first kappa shape index (κ1) is 13.9. The summed E-state index contributed by atoms with van der Waals surface area (Å²) >= 11 is 0. The van der Waals surface area contributed by atoms with Crippen LogP contribution >= 0.6 is 0 Å². The average molecular weight is 203 g/mol. The highest BCUT2D eigenvalue weighted by atomic mass is 16.5. The zero-order valence-corrected chi connectivity index (χ0v) is 9.97. The van der Waals surface area contributed by atoms with Gasteiger partial charge in [0.2, 0.25) is 0 Å². The van der Waals surface area contributed by atoms with Gasteiger partial charge in [0.1, 0.15) is 0 Å². The molecule has 0 radical (unpaired) electrons. The Morgan fingerprint density at radius 2 is 2.07 bits per heavy atom. The minimum atomic E-state index is -0.215. The summed E-state index contributed by atoms with van der Waals surface area (Å²) in [6.07, 6.45) is 1.64. The lowest BCUT2D eigenvalue weighted by Crippen LogP contribution is -2.35. The number of nitrogens with one attached hydrogen (secondary N) is 1. The van der Waals surface area contributed by atoms with E-state index in [-0.39, 0.29) is 11.5 Å². The Labute approximate surface area is 87.8 Å². The van der Waals surface area contributed by atoms with Crippen LogP contribution in [0.25, 0.3) is 0 Å². The van der Waals surface area contributed by atoms with E-state index in [1.807, 2.05) is 6.92 Å². The predicted molar refractivity (Wildman–Crippen MR) is 59.4 cm³/mol. The van der Waals surface area contributed by atoms with Crippen molar-refractivity contribution in [3.63, 3.8) is 0 Å². The maximum absolute atomic E-state index is 9.34. The average Bonchev–Trinajstić information content (AvgIpc) is 2.14. The second-order valence-corrected chi connectivity index (χ2v) is 4.60. The van der Waals surface area contributed by atoms with Crippen molar-refractivity contribution in [3.8, 4) is 0 Å². The topological polar surface area (TPSA) is 41.5 Å². The van der Waals surface area contributed by atoms with Gasteiger partial charge in [-0.1, -0.05) is 20.8 Å². The summed E-state index contributed by atoms with van der Waals surface area (Å²) in [6, 6.07) is 0. The van der Waals surface area contributed by atoms with E-state index in [0.717, 1.165) is 26.0 Å². The molecule has 0 saturated heterocycles. The van der Waals surface area contributed by atoms with Crippen molar-refractivity contribution in [1.82, 2.24) is 5.32 Å². The van der Waals surface area contributed by atoms with Crippen LogP contribution in [0.3, 0.4) is 0 Å². The van der Waals surface area contributed by atoms with Gasteiger partial charge in [-0.05, 0) is 18.3 Å². The van der Waals surface area contributed by atoms with Gasteiger partial charge in [-0.3, -0.25) is 0 Å². The minimum absolute atomic E-state index is 0.215. The molecule has 0 aromatic carbocycles. The fourth-order valence-corrected chi connectivity index (χ4v) is 1.19. The van der Waals surface area contributed by atoms with Crippen LogP contribution in [0.1, 0.15) is 33.6 Å². The number of hydrogen-bond acceptors (Lipinski definition) is 3. The third kappa shape index (κ3) is 7.30. The van der Waals surface area contributed by atoms with Crippen molar-refractivity contribution in [2.45, 2.75) is 39.7 Å². The van der Waals surface area contributed by atoms with E-state index in [4.69, 9.17) is 4.74 Å². The van der Waals surface area contributed by atoms with Crippen molar-refractivity contribution >= 4 is 0 Å². The van der Waals surface area contributed by atoms with Crippen molar-refractivity contribution < 1.29 is 9.84 Å². The number of aliphatic hydroxyl groups excluding tert-OH is 1. The van der Waals surface area contributed by atoms with Gasteiger partial charge in [0.15, 0.2) is 0 Å². The highest BCUT2D eigenvalue weighted by Gasteiger charge is 2.17. The monoisotopic (exact) mass is 203 g/mol. The van der Waals surface area contributed by atoms with E-state index < -0.39 is 0 Å². The predicted octanol–water partition coefficient (Wildman–Crippen LogP) is 1.41. The summed E-state index contributed by atoms with van der Waals surface area (Å²) < 4.78 is 5.05. The number of hydrogen-bond donors (Lipinski definition) is 2. The molecule has 0 aliphatic heterocycles. The Hall–Kier alpha value is -0.120. The van der Waals surface area contributed by atoms with Gasteiger partial charge < -0.3 is 15.2 Å². The van der Waals surface area contributed by atoms with Crippen LogP contribution in [0.4, 0.5) is 0 Å². The zero-order chi connectivity index (χ0) is 11.0. The molecule has 0 heterocycles. The van der Waals surface area contributed by atoms with Gasteiger partial charge in [0, 0.05) is 26.8 Å². The Bertz CT molecular complexity index is 137. The first-order valence-electron chi connectivity index (χ1n) is 5.39. The summed E-state index contributed by atoms with van der Waals surface area (Å²) in [5.41, 5.74) is 0.240. The summed E-state index contributed by atoms with van der Waals surface area (Å²) in [5.74, 6) is 0. The second-order valence-electron chi connectivity index (χ2n) is 4.60. The van der Waals surface area contributed by atoms with Gasteiger partial charge in [-0.25, -0.2) is 0 Å². The van der Waals surface area contributed by atoms with Crippen LogP contribution in [0.2, 0.25) is 0 Å². The van der Waals surface area contributed by atoms with Gasteiger partial charge in [-0.15, -0.1) is 0 Å². The molecule has 0 fully saturated rings. The van der Waals surface area contributed by atoms with E-state index in [0.29, 0.717) is 6.54 Å². The van der Waals surface area contributed by atoms with Crippen molar-refractivity contribution in [2.75, 3.05) is 26.8 Å². The molecular formula is C11H25NO2. The summed E-state index contributed by atoms with van der Waals surface area (Å²) in [6.45, 7) is 8.81. The molecule has 3 heteroatoms. The SMILES string of the molecule is CCC(O)CNCC(C)(C)CCOC. The molecule has 3 nitrogen and oxygen atoms in total. The van der Waals surface area contributed by atoms with Crippen LogP contribution in [0.15, 0.2) is 0 Å². The van der Waals surface area contributed by atoms with Crippen LogP contribution in [0.5, 0.6) is 0 Å². The smallest absolute Gasteiger partial charge is 0.0662 e. The molecule has 86 valence electrons. The minimum Gasteiger partial charge on any atom is -0.392 e. The van der Waals surface area contributed by atoms with E-state index >= 15 is 0 Å². The second kappa shape index (κ2) is 7.21. The highest BCUT2D eigenvalue weighted by molar-refractivity contribution is 4.72. The molecule has 1 unspecified atom stereocenters. The molecule has 0 saturated carbocycles. The first-order valence-corrected chi connectivity index (χ1v) is 5.39. The molecule has 0 bridgehead atoms. The van der Waals surface area contributed by atoms with E-state index in [1.165, 1.54) is 0 Å². The van der Waals surface area contributed by atoms with Gasteiger partial charge in [0.05, 0.1) is 6.10 Å². The maximum atomic E-state index is 9.34. The Morgan fingerprint density at radius 3 is 2.57 bits per heavy atom.